The lowest BCUT2D eigenvalue weighted by atomic mass is 10.1. The first-order valence-corrected chi connectivity index (χ1v) is 7.17. The smallest absolute Gasteiger partial charge is 0.255 e. The molecule has 1 heterocycles. The maximum atomic E-state index is 12.3. The highest BCUT2D eigenvalue weighted by molar-refractivity contribution is 6.30. The number of aromatic nitrogens is 1. The fourth-order valence-corrected chi connectivity index (χ4v) is 2.26. The molecule has 1 aromatic carbocycles. The summed E-state index contributed by atoms with van der Waals surface area (Å²) in [6, 6.07) is 9.14. The third kappa shape index (κ3) is 3.95. The SMILES string of the molecule is CCNc1cc(C(=O)Nc2ccc(C)cc2C)cc(Cl)n1. The van der Waals surface area contributed by atoms with Crippen LogP contribution in [0, 0.1) is 13.8 Å². The minimum atomic E-state index is -0.203. The van der Waals surface area contributed by atoms with Crippen molar-refractivity contribution in [3.8, 4) is 0 Å². The second-order valence-electron chi connectivity index (χ2n) is 4.87. The molecule has 0 fully saturated rings. The van der Waals surface area contributed by atoms with E-state index in [1.807, 2.05) is 39.0 Å². The van der Waals surface area contributed by atoms with Gasteiger partial charge in [0.25, 0.3) is 5.91 Å². The van der Waals surface area contributed by atoms with Crippen molar-refractivity contribution in [2.75, 3.05) is 17.2 Å². The lowest BCUT2D eigenvalue weighted by molar-refractivity contribution is 0.102. The number of rotatable bonds is 4. The molecule has 0 saturated carbocycles. The maximum Gasteiger partial charge on any atom is 0.255 e. The van der Waals surface area contributed by atoms with Gasteiger partial charge in [-0.3, -0.25) is 4.79 Å². The van der Waals surface area contributed by atoms with Crippen LogP contribution < -0.4 is 10.6 Å². The van der Waals surface area contributed by atoms with Gasteiger partial charge in [0.05, 0.1) is 0 Å². The van der Waals surface area contributed by atoms with Crippen molar-refractivity contribution >= 4 is 29.0 Å². The molecule has 5 heteroatoms. The quantitative estimate of drug-likeness (QED) is 0.838. The number of carbonyl (C=O) groups is 1. The number of anilines is 2. The molecule has 0 aliphatic carbocycles. The van der Waals surface area contributed by atoms with E-state index < -0.39 is 0 Å². The van der Waals surface area contributed by atoms with E-state index in [9.17, 15) is 4.79 Å². The number of aryl methyl sites for hydroxylation is 2. The minimum absolute atomic E-state index is 0.203. The third-order valence-electron chi connectivity index (χ3n) is 3.04. The predicted molar refractivity (Wildman–Crippen MR) is 87.3 cm³/mol. The molecule has 2 aromatic rings. The van der Waals surface area contributed by atoms with Gasteiger partial charge >= 0.3 is 0 Å². The Kier molecular flexibility index (Phi) is 4.81. The zero-order valence-corrected chi connectivity index (χ0v) is 13.1. The number of halogens is 1. The van der Waals surface area contributed by atoms with Gasteiger partial charge in [0.2, 0.25) is 0 Å². The van der Waals surface area contributed by atoms with E-state index in [1.54, 1.807) is 12.1 Å². The van der Waals surface area contributed by atoms with Crippen LogP contribution in [0.25, 0.3) is 0 Å². The van der Waals surface area contributed by atoms with E-state index in [-0.39, 0.29) is 5.91 Å². The first kappa shape index (κ1) is 15.3. The summed E-state index contributed by atoms with van der Waals surface area (Å²) >= 11 is 5.95. The zero-order valence-electron chi connectivity index (χ0n) is 12.3. The number of hydrogen-bond donors (Lipinski definition) is 2. The summed E-state index contributed by atoms with van der Waals surface area (Å²) in [6.45, 7) is 6.65. The lowest BCUT2D eigenvalue weighted by Gasteiger charge is -2.10. The average molecular weight is 304 g/mol. The summed E-state index contributed by atoms with van der Waals surface area (Å²) in [7, 11) is 0. The number of benzene rings is 1. The van der Waals surface area contributed by atoms with Crippen LogP contribution in [0.1, 0.15) is 28.4 Å². The van der Waals surface area contributed by atoms with Crippen molar-refractivity contribution in [3.05, 3.63) is 52.2 Å². The number of nitrogens with zero attached hydrogens (tertiary/aromatic N) is 1. The van der Waals surface area contributed by atoms with E-state index in [1.165, 1.54) is 0 Å². The second kappa shape index (κ2) is 6.59. The summed E-state index contributed by atoms with van der Waals surface area (Å²) in [5.74, 6) is 0.390. The van der Waals surface area contributed by atoms with E-state index in [2.05, 4.69) is 15.6 Å². The van der Waals surface area contributed by atoms with Crippen molar-refractivity contribution in [1.82, 2.24) is 4.98 Å². The highest BCUT2D eigenvalue weighted by Gasteiger charge is 2.10. The van der Waals surface area contributed by atoms with Gasteiger partial charge < -0.3 is 10.6 Å². The van der Waals surface area contributed by atoms with Gasteiger partial charge in [-0.2, -0.15) is 0 Å². The Morgan fingerprint density at radius 1 is 1.24 bits per heavy atom. The molecule has 2 rings (SSSR count). The highest BCUT2D eigenvalue weighted by Crippen LogP contribution is 2.19. The zero-order chi connectivity index (χ0) is 15.4. The van der Waals surface area contributed by atoms with Gasteiger partial charge in [-0.15, -0.1) is 0 Å². The molecule has 1 aromatic heterocycles. The van der Waals surface area contributed by atoms with Gasteiger partial charge in [0, 0.05) is 17.8 Å². The van der Waals surface area contributed by atoms with Gasteiger partial charge in [-0.1, -0.05) is 29.3 Å². The molecule has 2 N–H and O–H groups in total. The fraction of sp³-hybridized carbons (Fsp3) is 0.250. The molecule has 0 spiro atoms. The largest absolute Gasteiger partial charge is 0.370 e. The van der Waals surface area contributed by atoms with Crippen LogP contribution in [0.15, 0.2) is 30.3 Å². The van der Waals surface area contributed by atoms with Gasteiger partial charge in [0.15, 0.2) is 0 Å². The normalized spacial score (nSPS) is 10.3. The molecule has 0 atom stereocenters. The van der Waals surface area contributed by atoms with Crippen LogP contribution >= 0.6 is 11.6 Å². The molecule has 0 aliphatic rings. The van der Waals surface area contributed by atoms with E-state index in [0.29, 0.717) is 23.1 Å². The fourth-order valence-electron chi connectivity index (χ4n) is 2.05. The van der Waals surface area contributed by atoms with Crippen molar-refractivity contribution in [2.45, 2.75) is 20.8 Å². The molecule has 0 bridgehead atoms. The minimum Gasteiger partial charge on any atom is -0.370 e. The maximum absolute atomic E-state index is 12.3. The Balaban J connectivity index is 2.23. The van der Waals surface area contributed by atoms with Gasteiger partial charge in [0.1, 0.15) is 11.0 Å². The molecule has 1 amide bonds. The van der Waals surface area contributed by atoms with Crippen molar-refractivity contribution in [3.63, 3.8) is 0 Å². The number of carbonyl (C=O) groups excluding carboxylic acids is 1. The van der Waals surface area contributed by atoms with Crippen LogP contribution in [0.5, 0.6) is 0 Å². The molecule has 0 saturated heterocycles. The van der Waals surface area contributed by atoms with Crippen molar-refractivity contribution < 1.29 is 4.79 Å². The molecular weight excluding hydrogens is 286 g/mol. The first-order chi connectivity index (χ1) is 9.99. The number of pyridine rings is 1. The molecule has 0 unspecified atom stereocenters. The summed E-state index contributed by atoms with van der Waals surface area (Å²) in [4.78, 5) is 16.5. The second-order valence-corrected chi connectivity index (χ2v) is 5.25. The number of nitrogens with one attached hydrogen (secondary N) is 2. The first-order valence-electron chi connectivity index (χ1n) is 6.79. The summed E-state index contributed by atoms with van der Waals surface area (Å²) in [6.07, 6.45) is 0. The van der Waals surface area contributed by atoms with E-state index in [0.717, 1.165) is 16.8 Å². The number of amides is 1. The van der Waals surface area contributed by atoms with Crippen molar-refractivity contribution in [1.29, 1.82) is 0 Å². The van der Waals surface area contributed by atoms with Gasteiger partial charge in [-0.25, -0.2) is 4.98 Å². The lowest BCUT2D eigenvalue weighted by Crippen LogP contribution is -2.14. The molecule has 0 radical (unpaired) electrons. The van der Waals surface area contributed by atoms with Crippen LogP contribution in [0.3, 0.4) is 0 Å². The Morgan fingerprint density at radius 2 is 2.00 bits per heavy atom. The summed E-state index contributed by atoms with van der Waals surface area (Å²) in [5.41, 5.74) is 3.46. The highest BCUT2D eigenvalue weighted by atomic mass is 35.5. The third-order valence-corrected chi connectivity index (χ3v) is 3.24. The Hall–Kier alpha value is -2.07. The Labute approximate surface area is 129 Å². The molecule has 4 nitrogen and oxygen atoms in total. The van der Waals surface area contributed by atoms with Crippen molar-refractivity contribution in [2.24, 2.45) is 0 Å². The van der Waals surface area contributed by atoms with Crippen LogP contribution in [0.4, 0.5) is 11.5 Å². The average Bonchev–Trinajstić information content (AvgIpc) is 2.41. The molecule has 110 valence electrons. The van der Waals surface area contributed by atoms with Crippen LogP contribution in [0.2, 0.25) is 5.15 Å². The standard InChI is InChI=1S/C16H18ClN3O/c1-4-18-15-9-12(8-14(17)20-15)16(21)19-13-6-5-10(2)7-11(13)3/h5-9H,4H2,1-3H3,(H,18,20)(H,19,21). The monoisotopic (exact) mass is 303 g/mol. The van der Waals surface area contributed by atoms with E-state index >= 15 is 0 Å². The predicted octanol–water partition coefficient (Wildman–Crippen LogP) is 4.04. The Bertz CT molecular complexity index is 671. The molecule has 21 heavy (non-hydrogen) atoms. The molecular formula is C16H18ClN3O. The Morgan fingerprint density at radius 3 is 2.67 bits per heavy atom. The summed E-state index contributed by atoms with van der Waals surface area (Å²) in [5, 5.41) is 6.24. The van der Waals surface area contributed by atoms with E-state index in [4.69, 9.17) is 11.6 Å². The van der Waals surface area contributed by atoms with Crippen LogP contribution in [-0.2, 0) is 0 Å². The van der Waals surface area contributed by atoms with Gasteiger partial charge in [-0.05, 0) is 44.5 Å². The van der Waals surface area contributed by atoms with Crippen LogP contribution in [-0.4, -0.2) is 17.4 Å². The summed E-state index contributed by atoms with van der Waals surface area (Å²) < 4.78 is 0. The topological polar surface area (TPSA) is 54.0 Å². The number of hydrogen-bond acceptors (Lipinski definition) is 3. The molecule has 0 aliphatic heterocycles.